The van der Waals surface area contributed by atoms with Crippen molar-refractivity contribution in [1.29, 1.82) is 0 Å². The van der Waals surface area contributed by atoms with Crippen LogP contribution in [-0.2, 0) is 4.79 Å². The molecule has 4 N–H and O–H groups in total. The standard InChI is InChI=1S/C22H26N4O3/c1-3-15-26(4-2)20(27)14-7-16-5-12-19(13-6-16)29-21(28)17-8-10-18(11-9-17)25-22(23)24/h5-14H,3-4,15H2,1-2H3,(H4,23,24,25)/b14-7+. The van der Waals surface area contributed by atoms with Crippen LogP contribution in [0.4, 0.5) is 5.69 Å². The Morgan fingerprint density at radius 1 is 1.03 bits per heavy atom. The van der Waals surface area contributed by atoms with Gasteiger partial charge in [-0.3, -0.25) is 4.79 Å². The van der Waals surface area contributed by atoms with Gasteiger partial charge >= 0.3 is 5.97 Å². The fourth-order valence-corrected chi connectivity index (χ4v) is 2.60. The average molecular weight is 394 g/mol. The van der Waals surface area contributed by atoms with Crippen molar-refractivity contribution < 1.29 is 14.3 Å². The van der Waals surface area contributed by atoms with Crippen LogP contribution in [-0.4, -0.2) is 35.8 Å². The summed E-state index contributed by atoms with van der Waals surface area (Å²) in [6, 6.07) is 13.3. The molecule has 0 spiro atoms. The van der Waals surface area contributed by atoms with E-state index in [2.05, 4.69) is 4.99 Å². The number of amides is 1. The van der Waals surface area contributed by atoms with Crippen molar-refractivity contribution in [3.8, 4) is 5.75 Å². The van der Waals surface area contributed by atoms with Gasteiger partial charge < -0.3 is 21.1 Å². The molecule has 7 heteroatoms. The maximum atomic E-state index is 12.2. The molecule has 2 aromatic carbocycles. The Morgan fingerprint density at radius 2 is 1.69 bits per heavy atom. The monoisotopic (exact) mass is 394 g/mol. The number of ether oxygens (including phenoxy) is 1. The smallest absolute Gasteiger partial charge is 0.343 e. The first-order chi connectivity index (χ1) is 13.9. The van der Waals surface area contributed by atoms with Crippen molar-refractivity contribution in [2.45, 2.75) is 20.3 Å². The second-order valence-corrected chi connectivity index (χ2v) is 6.29. The SMILES string of the molecule is CCCN(CC)C(=O)/C=C/c1ccc(OC(=O)c2ccc(N=C(N)N)cc2)cc1. The van der Waals surface area contributed by atoms with E-state index in [0.717, 1.165) is 18.5 Å². The Bertz CT molecular complexity index is 883. The number of aliphatic imine (C=N–C) groups is 1. The molecule has 0 saturated heterocycles. The second-order valence-electron chi connectivity index (χ2n) is 6.29. The quantitative estimate of drug-likeness (QED) is 0.235. The molecule has 0 aromatic heterocycles. The molecule has 0 aliphatic carbocycles. The lowest BCUT2D eigenvalue weighted by Crippen LogP contribution is -2.29. The van der Waals surface area contributed by atoms with Crippen LogP contribution in [0.2, 0.25) is 0 Å². The highest BCUT2D eigenvalue weighted by atomic mass is 16.5. The van der Waals surface area contributed by atoms with Crippen molar-refractivity contribution >= 4 is 29.6 Å². The van der Waals surface area contributed by atoms with Crippen molar-refractivity contribution in [2.24, 2.45) is 16.5 Å². The molecule has 1 amide bonds. The van der Waals surface area contributed by atoms with Crippen molar-refractivity contribution in [1.82, 2.24) is 4.90 Å². The minimum Gasteiger partial charge on any atom is -0.423 e. The Hall–Kier alpha value is -3.61. The van der Waals surface area contributed by atoms with Gasteiger partial charge in [0, 0.05) is 19.2 Å². The molecule has 0 radical (unpaired) electrons. The van der Waals surface area contributed by atoms with Gasteiger partial charge in [0.15, 0.2) is 5.96 Å². The first-order valence-electron chi connectivity index (χ1n) is 9.41. The Kier molecular flexibility index (Phi) is 7.97. The zero-order valence-electron chi connectivity index (χ0n) is 16.7. The van der Waals surface area contributed by atoms with Gasteiger partial charge in [0.2, 0.25) is 5.91 Å². The summed E-state index contributed by atoms with van der Waals surface area (Å²) in [5, 5.41) is 0. The van der Waals surface area contributed by atoms with Gasteiger partial charge in [0.25, 0.3) is 0 Å². The zero-order chi connectivity index (χ0) is 21.2. The third-order valence-corrected chi connectivity index (χ3v) is 4.06. The average Bonchev–Trinajstić information content (AvgIpc) is 2.71. The summed E-state index contributed by atoms with van der Waals surface area (Å²) in [6.45, 7) is 5.41. The molecular weight excluding hydrogens is 368 g/mol. The number of nitrogens with two attached hydrogens (primary N) is 2. The number of likely N-dealkylation sites (N-methyl/N-ethyl adjacent to an activating group) is 1. The summed E-state index contributed by atoms with van der Waals surface area (Å²) in [5.74, 6) is -0.149. The molecule has 0 atom stereocenters. The molecule has 7 nitrogen and oxygen atoms in total. The normalized spacial score (nSPS) is 10.6. The van der Waals surface area contributed by atoms with Crippen LogP contribution in [0.3, 0.4) is 0 Å². The Morgan fingerprint density at radius 3 is 2.24 bits per heavy atom. The van der Waals surface area contributed by atoms with E-state index in [0.29, 0.717) is 23.5 Å². The first-order valence-corrected chi connectivity index (χ1v) is 9.41. The van der Waals surface area contributed by atoms with Crippen LogP contribution in [0.1, 0.15) is 36.2 Å². The summed E-state index contributed by atoms with van der Waals surface area (Å²) in [7, 11) is 0. The molecule has 0 saturated carbocycles. The van der Waals surface area contributed by atoms with Crippen LogP contribution in [0.5, 0.6) is 5.75 Å². The third kappa shape index (κ3) is 6.80. The van der Waals surface area contributed by atoms with Gasteiger partial charge in [-0.1, -0.05) is 19.1 Å². The Balaban J connectivity index is 1.98. The number of carbonyl (C=O) groups is 2. The van der Waals surface area contributed by atoms with Crippen LogP contribution in [0, 0.1) is 0 Å². The van der Waals surface area contributed by atoms with Crippen LogP contribution in [0.15, 0.2) is 59.6 Å². The number of carbonyl (C=O) groups excluding carboxylic acids is 2. The maximum Gasteiger partial charge on any atom is 0.343 e. The number of rotatable bonds is 8. The molecule has 0 bridgehead atoms. The molecule has 0 heterocycles. The van der Waals surface area contributed by atoms with Gasteiger partial charge in [-0.15, -0.1) is 0 Å². The molecule has 2 rings (SSSR count). The van der Waals surface area contributed by atoms with Crippen LogP contribution in [0.25, 0.3) is 6.08 Å². The van der Waals surface area contributed by atoms with E-state index in [9.17, 15) is 9.59 Å². The number of nitrogens with zero attached hydrogens (tertiary/aromatic N) is 2. The van der Waals surface area contributed by atoms with E-state index in [4.69, 9.17) is 16.2 Å². The minimum absolute atomic E-state index is 0.0194. The molecule has 0 unspecified atom stereocenters. The van der Waals surface area contributed by atoms with Crippen molar-refractivity contribution in [3.05, 3.63) is 65.7 Å². The highest BCUT2D eigenvalue weighted by molar-refractivity contribution is 5.92. The predicted molar refractivity (Wildman–Crippen MR) is 115 cm³/mol. The number of guanidine groups is 1. The number of hydrogen-bond acceptors (Lipinski definition) is 4. The first kappa shape index (κ1) is 21.7. The lowest BCUT2D eigenvalue weighted by atomic mass is 10.2. The van der Waals surface area contributed by atoms with E-state index in [1.54, 1.807) is 65.6 Å². The van der Waals surface area contributed by atoms with E-state index in [1.807, 2.05) is 13.8 Å². The lowest BCUT2D eigenvalue weighted by molar-refractivity contribution is -0.125. The second kappa shape index (κ2) is 10.7. The Labute approximate surface area is 170 Å². The molecule has 152 valence electrons. The molecule has 0 aliphatic rings. The molecule has 0 fully saturated rings. The van der Waals surface area contributed by atoms with E-state index in [1.165, 1.54) is 0 Å². The number of benzene rings is 2. The van der Waals surface area contributed by atoms with E-state index >= 15 is 0 Å². The minimum atomic E-state index is -0.488. The summed E-state index contributed by atoms with van der Waals surface area (Å²) in [4.78, 5) is 30.1. The van der Waals surface area contributed by atoms with Gasteiger partial charge in [-0.2, -0.15) is 0 Å². The van der Waals surface area contributed by atoms with Gasteiger partial charge in [0.1, 0.15) is 5.75 Å². The predicted octanol–water partition coefficient (Wildman–Crippen LogP) is 3.08. The fraction of sp³-hybridized carbons (Fsp3) is 0.227. The summed E-state index contributed by atoms with van der Waals surface area (Å²) < 4.78 is 5.37. The highest BCUT2D eigenvalue weighted by Crippen LogP contribution is 2.17. The maximum absolute atomic E-state index is 12.2. The number of hydrogen-bond donors (Lipinski definition) is 2. The fourth-order valence-electron chi connectivity index (χ4n) is 2.60. The zero-order valence-corrected chi connectivity index (χ0v) is 16.7. The number of esters is 1. The molecule has 2 aromatic rings. The van der Waals surface area contributed by atoms with Gasteiger partial charge in [-0.25, -0.2) is 9.79 Å². The highest BCUT2D eigenvalue weighted by Gasteiger charge is 2.09. The van der Waals surface area contributed by atoms with Crippen LogP contribution >= 0.6 is 0 Å². The summed E-state index contributed by atoms with van der Waals surface area (Å²) >= 11 is 0. The molecular formula is C22H26N4O3. The molecule has 0 aliphatic heterocycles. The topological polar surface area (TPSA) is 111 Å². The van der Waals surface area contributed by atoms with Gasteiger partial charge in [-0.05, 0) is 61.4 Å². The summed E-state index contributed by atoms with van der Waals surface area (Å²) in [6.07, 6.45) is 4.22. The van der Waals surface area contributed by atoms with E-state index < -0.39 is 5.97 Å². The van der Waals surface area contributed by atoms with Gasteiger partial charge in [0.05, 0.1) is 11.3 Å². The van der Waals surface area contributed by atoms with Crippen molar-refractivity contribution in [3.63, 3.8) is 0 Å². The van der Waals surface area contributed by atoms with Crippen LogP contribution < -0.4 is 16.2 Å². The summed E-state index contributed by atoms with van der Waals surface area (Å²) in [5.41, 5.74) is 12.4. The largest absolute Gasteiger partial charge is 0.423 e. The third-order valence-electron chi connectivity index (χ3n) is 4.06. The van der Waals surface area contributed by atoms with Crippen molar-refractivity contribution in [2.75, 3.05) is 13.1 Å². The lowest BCUT2D eigenvalue weighted by Gasteiger charge is -2.17. The van der Waals surface area contributed by atoms with E-state index in [-0.39, 0.29) is 11.9 Å². The molecule has 29 heavy (non-hydrogen) atoms.